The van der Waals surface area contributed by atoms with Crippen LogP contribution in [-0.4, -0.2) is 51.1 Å². The van der Waals surface area contributed by atoms with Crippen LogP contribution in [0.5, 0.6) is 0 Å². The van der Waals surface area contributed by atoms with Crippen LogP contribution in [0.4, 0.5) is 11.4 Å². The maximum absolute atomic E-state index is 12.4. The molecule has 0 unspecified atom stereocenters. The number of benzene rings is 2. The minimum Gasteiger partial charge on any atom is -0.349 e. The topological polar surface area (TPSA) is 99.2 Å². The molecule has 0 spiro atoms. The van der Waals surface area contributed by atoms with Gasteiger partial charge in [-0.05, 0) is 42.8 Å². The van der Waals surface area contributed by atoms with Crippen molar-refractivity contribution in [2.24, 2.45) is 4.40 Å². The molecule has 2 amide bonds. The first kappa shape index (κ1) is 19.1. The van der Waals surface area contributed by atoms with Gasteiger partial charge in [0.25, 0.3) is 10.0 Å². The summed E-state index contributed by atoms with van der Waals surface area (Å²) in [6, 6.07) is 13.6. The summed E-state index contributed by atoms with van der Waals surface area (Å²) in [4.78, 5) is 27.6. The van der Waals surface area contributed by atoms with Gasteiger partial charge in [-0.25, -0.2) is 0 Å². The van der Waals surface area contributed by atoms with Crippen molar-refractivity contribution in [1.82, 2.24) is 4.90 Å². The number of nitrogens with one attached hydrogen (secondary N) is 1. The smallest absolute Gasteiger partial charge is 0.285 e. The summed E-state index contributed by atoms with van der Waals surface area (Å²) in [5.74, 6) is 0.0524. The summed E-state index contributed by atoms with van der Waals surface area (Å²) in [6.07, 6.45) is 1.42. The standard InChI is InChI=1S/C20H20N4O4S/c1-23(20-16-5-2-3-6-17(16)29(27,28)22-20)13-18(25)21-14-8-10-15(11-9-14)24-12-4-7-19(24)26/h2-3,5-6,8-11H,4,7,12-13H2,1H3,(H,21,25). The van der Waals surface area contributed by atoms with E-state index in [1.807, 2.05) is 0 Å². The normalized spacial score (nSPS) is 17.1. The SMILES string of the molecule is CN(CC(=O)Nc1ccc(N2CCCC2=O)cc1)C1=NS(=O)(=O)c2ccccc21. The van der Waals surface area contributed by atoms with E-state index in [1.165, 1.54) is 11.0 Å². The zero-order chi connectivity index (χ0) is 20.6. The van der Waals surface area contributed by atoms with E-state index in [2.05, 4.69) is 9.71 Å². The van der Waals surface area contributed by atoms with Gasteiger partial charge in [0.15, 0.2) is 5.84 Å². The fourth-order valence-corrected chi connectivity index (χ4v) is 4.75. The highest BCUT2D eigenvalue weighted by Gasteiger charge is 2.31. The Balaban J connectivity index is 1.42. The van der Waals surface area contributed by atoms with E-state index in [9.17, 15) is 18.0 Å². The van der Waals surface area contributed by atoms with Gasteiger partial charge in [-0.1, -0.05) is 12.1 Å². The Kier molecular flexibility index (Phi) is 4.83. The van der Waals surface area contributed by atoms with E-state index in [-0.39, 0.29) is 29.1 Å². The van der Waals surface area contributed by atoms with E-state index in [4.69, 9.17) is 0 Å². The van der Waals surface area contributed by atoms with Crippen molar-refractivity contribution in [1.29, 1.82) is 0 Å². The van der Waals surface area contributed by atoms with Gasteiger partial charge in [-0.15, -0.1) is 4.40 Å². The van der Waals surface area contributed by atoms with Crippen LogP contribution in [0, 0.1) is 0 Å². The molecule has 2 heterocycles. The second-order valence-electron chi connectivity index (χ2n) is 6.99. The van der Waals surface area contributed by atoms with E-state index in [1.54, 1.807) is 54.4 Å². The van der Waals surface area contributed by atoms with E-state index < -0.39 is 10.0 Å². The van der Waals surface area contributed by atoms with E-state index >= 15 is 0 Å². The lowest BCUT2D eigenvalue weighted by Gasteiger charge is -2.19. The van der Waals surface area contributed by atoms with Gasteiger partial charge in [-0.2, -0.15) is 8.42 Å². The monoisotopic (exact) mass is 412 g/mol. The first-order valence-corrected chi connectivity index (χ1v) is 10.6. The van der Waals surface area contributed by atoms with Crippen molar-refractivity contribution in [3.63, 3.8) is 0 Å². The van der Waals surface area contributed by atoms with Gasteiger partial charge in [-0.3, -0.25) is 9.59 Å². The molecule has 1 fully saturated rings. The highest BCUT2D eigenvalue weighted by Crippen LogP contribution is 2.27. The van der Waals surface area contributed by atoms with Crippen molar-refractivity contribution in [2.45, 2.75) is 17.7 Å². The predicted octanol–water partition coefficient (Wildman–Crippen LogP) is 1.83. The molecule has 2 aliphatic heterocycles. The maximum Gasteiger partial charge on any atom is 0.285 e. The van der Waals surface area contributed by atoms with Gasteiger partial charge in [0.1, 0.15) is 4.90 Å². The number of likely N-dealkylation sites (N-methyl/N-ethyl adjacent to an activating group) is 1. The molecule has 0 aliphatic carbocycles. The minimum atomic E-state index is -3.73. The molecular formula is C20H20N4O4S. The third-order valence-corrected chi connectivity index (χ3v) is 6.22. The van der Waals surface area contributed by atoms with Crippen LogP contribution in [0.15, 0.2) is 57.8 Å². The number of anilines is 2. The number of carbonyl (C=O) groups is 2. The van der Waals surface area contributed by atoms with Crippen molar-refractivity contribution in [3.05, 3.63) is 54.1 Å². The maximum atomic E-state index is 12.4. The molecule has 0 atom stereocenters. The molecule has 0 bridgehead atoms. The lowest BCUT2D eigenvalue weighted by Crippen LogP contribution is -2.34. The van der Waals surface area contributed by atoms with Crippen molar-refractivity contribution >= 4 is 39.0 Å². The molecule has 29 heavy (non-hydrogen) atoms. The molecule has 1 saturated heterocycles. The zero-order valence-corrected chi connectivity index (χ0v) is 16.6. The van der Waals surface area contributed by atoms with Gasteiger partial charge >= 0.3 is 0 Å². The molecule has 0 aromatic heterocycles. The fraction of sp³-hybridized carbons (Fsp3) is 0.250. The fourth-order valence-electron chi connectivity index (χ4n) is 3.50. The molecule has 8 nitrogen and oxygen atoms in total. The van der Waals surface area contributed by atoms with Gasteiger partial charge in [0.2, 0.25) is 11.8 Å². The summed E-state index contributed by atoms with van der Waals surface area (Å²) < 4.78 is 28.1. The van der Waals surface area contributed by atoms with Gasteiger partial charge < -0.3 is 15.1 Å². The highest BCUT2D eigenvalue weighted by molar-refractivity contribution is 7.90. The van der Waals surface area contributed by atoms with Crippen LogP contribution in [0.1, 0.15) is 18.4 Å². The summed E-state index contributed by atoms with van der Waals surface area (Å²) in [7, 11) is -2.11. The lowest BCUT2D eigenvalue weighted by atomic mass is 10.2. The second kappa shape index (κ2) is 7.32. The van der Waals surface area contributed by atoms with Crippen LogP contribution in [0.25, 0.3) is 0 Å². The van der Waals surface area contributed by atoms with Crippen LogP contribution >= 0.6 is 0 Å². The number of fused-ring (bicyclic) bond motifs is 1. The number of amidine groups is 1. The van der Waals surface area contributed by atoms with Gasteiger partial charge in [0.05, 0.1) is 6.54 Å². The number of sulfonamides is 1. The molecule has 0 saturated carbocycles. The molecule has 9 heteroatoms. The summed E-state index contributed by atoms with van der Waals surface area (Å²) >= 11 is 0. The molecule has 2 aromatic carbocycles. The average Bonchev–Trinajstić information content (AvgIpc) is 3.23. The summed E-state index contributed by atoms with van der Waals surface area (Å²) in [5, 5.41) is 2.78. The largest absolute Gasteiger partial charge is 0.349 e. The number of carbonyl (C=O) groups excluding carboxylic acids is 2. The van der Waals surface area contributed by atoms with Crippen molar-refractivity contribution < 1.29 is 18.0 Å². The minimum absolute atomic E-state index is 0.0605. The average molecular weight is 412 g/mol. The molecule has 150 valence electrons. The Bertz CT molecular complexity index is 1110. The quantitative estimate of drug-likeness (QED) is 0.826. The van der Waals surface area contributed by atoms with Crippen LogP contribution in [0.3, 0.4) is 0 Å². The predicted molar refractivity (Wildman–Crippen MR) is 109 cm³/mol. The summed E-state index contributed by atoms with van der Waals surface area (Å²) in [6.45, 7) is 0.650. The lowest BCUT2D eigenvalue weighted by molar-refractivity contribution is -0.117. The van der Waals surface area contributed by atoms with E-state index in [0.717, 1.165) is 12.1 Å². The number of nitrogens with zero attached hydrogens (tertiary/aromatic N) is 3. The molecular weight excluding hydrogens is 392 g/mol. The Morgan fingerprint density at radius 2 is 1.90 bits per heavy atom. The first-order valence-electron chi connectivity index (χ1n) is 9.21. The molecule has 0 radical (unpaired) electrons. The molecule has 4 rings (SSSR count). The van der Waals surface area contributed by atoms with Crippen molar-refractivity contribution in [2.75, 3.05) is 30.4 Å². The Morgan fingerprint density at radius 3 is 2.59 bits per heavy atom. The third-order valence-electron chi connectivity index (χ3n) is 4.89. The van der Waals surface area contributed by atoms with E-state index in [0.29, 0.717) is 24.2 Å². The van der Waals surface area contributed by atoms with Crippen LogP contribution in [-0.2, 0) is 19.6 Å². The number of hydrogen-bond acceptors (Lipinski definition) is 5. The highest BCUT2D eigenvalue weighted by atomic mass is 32.2. The van der Waals surface area contributed by atoms with Crippen molar-refractivity contribution in [3.8, 4) is 0 Å². The number of rotatable bonds is 4. The molecule has 2 aromatic rings. The Labute approximate surface area is 168 Å². The van der Waals surface area contributed by atoms with Crippen LogP contribution < -0.4 is 10.2 Å². The van der Waals surface area contributed by atoms with Gasteiger partial charge in [0, 0.05) is 37.0 Å². The number of hydrogen-bond donors (Lipinski definition) is 1. The summed E-state index contributed by atoms with van der Waals surface area (Å²) in [5.41, 5.74) is 1.90. The Hall–Kier alpha value is -3.20. The van der Waals surface area contributed by atoms with Crippen LogP contribution in [0.2, 0.25) is 0 Å². The first-order chi connectivity index (χ1) is 13.8. The molecule has 1 N–H and O–H groups in total. The Morgan fingerprint density at radius 1 is 1.17 bits per heavy atom. The third kappa shape index (κ3) is 3.73. The molecule has 2 aliphatic rings. The second-order valence-corrected chi connectivity index (χ2v) is 8.56. The number of amides is 2. The zero-order valence-electron chi connectivity index (χ0n) is 15.8.